The van der Waals surface area contributed by atoms with Gasteiger partial charge in [-0.1, -0.05) is 30.3 Å². The van der Waals surface area contributed by atoms with Gasteiger partial charge in [0.25, 0.3) is 0 Å². The van der Waals surface area contributed by atoms with Crippen LogP contribution in [0.3, 0.4) is 0 Å². The monoisotopic (exact) mass is 295 g/mol. The molecule has 2 rings (SSSR count). The van der Waals surface area contributed by atoms with E-state index in [0.717, 1.165) is 30.5 Å². The molecule has 0 radical (unpaired) electrons. The molecule has 110 valence electrons. The summed E-state index contributed by atoms with van der Waals surface area (Å²) in [5.41, 5.74) is 2.10. The molecular formula is C15H22NO3P. The molecule has 4 nitrogen and oxygen atoms in total. The maximum absolute atomic E-state index is 12.8. The standard InChI is InChI=1S/C15H22NO3P/c1-3-18-20(17,19-4-2)15-12-8-11-14(16-15)13-9-6-5-7-10-13/h5-7,9-10,15H,3-4,8,11-12H2,1-2H3. The summed E-state index contributed by atoms with van der Waals surface area (Å²) in [5, 5.41) is 0. The highest BCUT2D eigenvalue weighted by molar-refractivity contribution is 7.54. The highest BCUT2D eigenvalue weighted by Gasteiger charge is 2.37. The van der Waals surface area contributed by atoms with Gasteiger partial charge in [0.1, 0.15) is 0 Å². The number of nitrogens with zero attached hydrogens (tertiary/aromatic N) is 1. The van der Waals surface area contributed by atoms with E-state index in [0.29, 0.717) is 13.2 Å². The van der Waals surface area contributed by atoms with Gasteiger partial charge in [0.2, 0.25) is 0 Å². The van der Waals surface area contributed by atoms with Crippen LogP contribution in [0.1, 0.15) is 38.7 Å². The number of aliphatic imine (C=N–C) groups is 1. The van der Waals surface area contributed by atoms with Crippen LogP contribution in [0, 0.1) is 0 Å². The third kappa shape index (κ3) is 3.57. The molecule has 0 bridgehead atoms. The predicted molar refractivity (Wildman–Crippen MR) is 81.5 cm³/mol. The second-order valence-electron chi connectivity index (χ2n) is 4.69. The first-order chi connectivity index (χ1) is 9.69. The zero-order valence-electron chi connectivity index (χ0n) is 12.1. The predicted octanol–water partition coefficient (Wildman–Crippen LogP) is 4.25. The second-order valence-corrected chi connectivity index (χ2v) is 6.88. The van der Waals surface area contributed by atoms with Crippen molar-refractivity contribution in [3.8, 4) is 0 Å². The fourth-order valence-corrected chi connectivity index (χ4v) is 4.33. The maximum atomic E-state index is 12.8. The lowest BCUT2D eigenvalue weighted by Crippen LogP contribution is -2.19. The lowest BCUT2D eigenvalue weighted by atomic mass is 10.0. The first-order valence-corrected chi connectivity index (χ1v) is 8.81. The molecule has 0 amide bonds. The van der Waals surface area contributed by atoms with Crippen molar-refractivity contribution in [2.75, 3.05) is 13.2 Å². The minimum atomic E-state index is -3.14. The summed E-state index contributed by atoms with van der Waals surface area (Å²) in [5.74, 6) is -0.369. The average molecular weight is 295 g/mol. The number of hydrogen-bond acceptors (Lipinski definition) is 4. The van der Waals surface area contributed by atoms with Crippen LogP contribution in [0.5, 0.6) is 0 Å². The largest absolute Gasteiger partial charge is 0.354 e. The van der Waals surface area contributed by atoms with E-state index in [-0.39, 0.29) is 5.78 Å². The molecule has 1 aliphatic heterocycles. The zero-order chi connectivity index (χ0) is 14.4. The van der Waals surface area contributed by atoms with Crippen molar-refractivity contribution in [2.45, 2.75) is 38.9 Å². The van der Waals surface area contributed by atoms with Gasteiger partial charge in [-0.3, -0.25) is 9.56 Å². The Labute approximate surface area is 120 Å². The van der Waals surface area contributed by atoms with Crippen LogP contribution >= 0.6 is 7.60 Å². The van der Waals surface area contributed by atoms with Crippen molar-refractivity contribution in [3.05, 3.63) is 35.9 Å². The molecule has 0 fully saturated rings. The number of benzene rings is 1. The fourth-order valence-electron chi connectivity index (χ4n) is 2.41. The zero-order valence-corrected chi connectivity index (χ0v) is 13.0. The van der Waals surface area contributed by atoms with E-state index < -0.39 is 7.60 Å². The molecule has 0 spiro atoms. The van der Waals surface area contributed by atoms with Gasteiger partial charge >= 0.3 is 7.60 Å². The van der Waals surface area contributed by atoms with Gasteiger partial charge < -0.3 is 9.05 Å². The van der Waals surface area contributed by atoms with Crippen LogP contribution in [0.2, 0.25) is 0 Å². The first kappa shape index (κ1) is 15.4. The summed E-state index contributed by atoms with van der Waals surface area (Å²) in [4.78, 5) is 4.66. The lowest BCUT2D eigenvalue weighted by molar-refractivity contribution is 0.210. The normalized spacial score (nSPS) is 19.7. The summed E-state index contributed by atoms with van der Waals surface area (Å²) in [7, 11) is -3.14. The molecule has 0 N–H and O–H groups in total. The molecule has 0 saturated carbocycles. The van der Waals surface area contributed by atoms with Crippen LogP contribution in [-0.2, 0) is 13.6 Å². The van der Waals surface area contributed by atoms with Crippen molar-refractivity contribution in [1.82, 2.24) is 0 Å². The molecule has 1 aromatic carbocycles. The second kappa shape index (κ2) is 7.16. The van der Waals surface area contributed by atoms with Crippen LogP contribution < -0.4 is 0 Å². The van der Waals surface area contributed by atoms with E-state index in [1.807, 2.05) is 44.2 Å². The Morgan fingerprint density at radius 3 is 2.45 bits per heavy atom. The summed E-state index contributed by atoms with van der Waals surface area (Å²) in [6.07, 6.45) is 2.63. The summed E-state index contributed by atoms with van der Waals surface area (Å²) in [6, 6.07) is 10.0. The third-order valence-corrected chi connectivity index (χ3v) is 5.61. The molecule has 1 aliphatic rings. The fraction of sp³-hybridized carbons (Fsp3) is 0.533. The number of rotatable bonds is 6. The van der Waals surface area contributed by atoms with Crippen molar-refractivity contribution < 1.29 is 13.6 Å². The highest BCUT2D eigenvalue weighted by atomic mass is 31.2. The Kier molecular flexibility index (Phi) is 5.53. The van der Waals surface area contributed by atoms with E-state index in [1.165, 1.54) is 0 Å². The summed E-state index contributed by atoms with van der Waals surface area (Å²) < 4.78 is 23.6. The van der Waals surface area contributed by atoms with Gasteiger partial charge in [-0.15, -0.1) is 0 Å². The molecule has 1 unspecified atom stereocenters. The molecular weight excluding hydrogens is 273 g/mol. The van der Waals surface area contributed by atoms with E-state index >= 15 is 0 Å². The van der Waals surface area contributed by atoms with Gasteiger partial charge in [-0.05, 0) is 38.7 Å². The topological polar surface area (TPSA) is 47.9 Å². The molecule has 0 aromatic heterocycles. The average Bonchev–Trinajstić information content (AvgIpc) is 2.49. The molecule has 20 heavy (non-hydrogen) atoms. The van der Waals surface area contributed by atoms with Gasteiger partial charge in [-0.25, -0.2) is 0 Å². The van der Waals surface area contributed by atoms with E-state index in [2.05, 4.69) is 4.99 Å². The quantitative estimate of drug-likeness (QED) is 0.737. The summed E-state index contributed by atoms with van der Waals surface area (Å²) >= 11 is 0. The lowest BCUT2D eigenvalue weighted by Gasteiger charge is -2.27. The number of hydrogen-bond donors (Lipinski definition) is 0. The van der Waals surface area contributed by atoms with Crippen molar-refractivity contribution in [1.29, 1.82) is 0 Å². The molecule has 5 heteroatoms. The molecule has 1 aromatic rings. The Balaban J connectivity index is 2.26. The Morgan fingerprint density at radius 1 is 1.20 bits per heavy atom. The highest BCUT2D eigenvalue weighted by Crippen LogP contribution is 2.56. The molecule has 0 saturated heterocycles. The van der Waals surface area contributed by atoms with Crippen LogP contribution in [0.4, 0.5) is 0 Å². The van der Waals surface area contributed by atoms with Crippen LogP contribution in [0.25, 0.3) is 0 Å². The van der Waals surface area contributed by atoms with E-state index in [4.69, 9.17) is 9.05 Å². The molecule has 0 aliphatic carbocycles. The third-order valence-electron chi connectivity index (χ3n) is 3.27. The SMILES string of the molecule is CCOP(=O)(OCC)C1CCCC(c2ccccc2)=N1. The van der Waals surface area contributed by atoms with Crippen LogP contribution in [-0.4, -0.2) is 24.7 Å². The Morgan fingerprint density at radius 2 is 1.85 bits per heavy atom. The van der Waals surface area contributed by atoms with Crippen molar-refractivity contribution in [3.63, 3.8) is 0 Å². The first-order valence-electron chi connectivity index (χ1n) is 7.20. The van der Waals surface area contributed by atoms with Crippen molar-refractivity contribution in [2.24, 2.45) is 4.99 Å². The minimum Gasteiger partial charge on any atom is -0.307 e. The van der Waals surface area contributed by atoms with E-state index in [1.54, 1.807) is 0 Å². The minimum absolute atomic E-state index is 0.369. The van der Waals surface area contributed by atoms with Gasteiger partial charge in [0.15, 0.2) is 5.78 Å². The van der Waals surface area contributed by atoms with E-state index in [9.17, 15) is 4.57 Å². The molecule has 1 atom stereocenters. The van der Waals surface area contributed by atoms with Crippen LogP contribution in [0.15, 0.2) is 35.3 Å². The van der Waals surface area contributed by atoms with Gasteiger partial charge in [0.05, 0.1) is 13.2 Å². The summed E-state index contributed by atoms with van der Waals surface area (Å²) in [6.45, 7) is 4.42. The maximum Gasteiger partial charge on any atom is 0.354 e. The molecule has 1 heterocycles. The van der Waals surface area contributed by atoms with Gasteiger partial charge in [0, 0.05) is 5.71 Å². The van der Waals surface area contributed by atoms with Gasteiger partial charge in [-0.2, -0.15) is 0 Å². The van der Waals surface area contributed by atoms with Crippen molar-refractivity contribution >= 4 is 13.3 Å². The Bertz CT molecular complexity index is 491. The Hall–Kier alpha value is -0.960. The smallest absolute Gasteiger partial charge is 0.307 e.